The van der Waals surface area contributed by atoms with E-state index in [1.54, 1.807) is 24.8 Å². The van der Waals surface area contributed by atoms with Gasteiger partial charge in [0.2, 0.25) is 0 Å². The first kappa shape index (κ1) is 19.0. The minimum atomic E-state index is -1.96. The minimum Gasteiger partial charge on any atom is -0.256 e. The van der Waals surface area contributed by atoms with E-state index in [4.69, 9.17) is 11.6 Å². The fraction of sp³-hybridized carbons (Fsp3) is 0.263. The van der Waals surface area contributed by atoms with Crippen LogP contribution in [0.2, 0.25) is 30.3 Å². The van der Waals surface area contributed by atoms with Crippen LogP contribution in [-0.2, 0) is 6.17 Å². The van der Waals surface area contributed by atoms with E-state index in [9.17, 15) is 4.39 Å². The third kappa shape index (κ3) is 4.31. The van der Waals surface area contributed by atoms with Crippen LogP contribution < -0.4 is 10.4 Å². The fourth-order valence-electron chi connectivity index (χ4n) is 3.75. The topological polar surface area (TPSA) is 30.7 Å². The molecule has 1 atom stereocenters. The van der Waals surface area contributed by atoms with Gasteiger partial charge in [0.15, 0.2) is 0 Å². The zero-order valence-corrected chi connectivity index (χ0v) is 18.0. The molecular formula is C19H23ClFN3Si2. The van der Waals surface area contributed by atoms with E-state index >= 15 is 0 Å². The van der Waals surface area contributed by atoms with Gasteiger partial charge in [0.25, 0.3) is 0 Å². The van der Waals surface area contributed by atoms with Gasteiger partial charge >= 0.3 is 0 Å². The van der Waals surface area contributed by atoms with Crippen LogP contribution in [0, 0.1) is 5.82 Å². The van der Waals surface area contributed by atoms with Crippen molar-refractivity contribution >= 4 is 38.1 Å². The molecule has 1 aromatic heterocycles. The lowest BCUT2D eigenvalue weighted by Gasteiger charge is -2.35. The Kier molecular flexibility index (Phi) is 5.45. The number of hydrogen-bond donors (Lipinski definition) is 0. The molecule has 0 aliphatic heterocycles. The Morgan fingerprint density at radius 2 is 1.58 bits per heavy atom. The molecule has 0 bridgehead atoms. The summed E-state index contributed by atoms with van der Waals surface area (Å²) in [6.07, 6.45) is 4.18. The summed E-state index contributed by atoms with van der Waals surface area (Å²) in [6, 6.07) is 15.3. The summed E-state index contributed by atoms with van der Waals surface area (Å²) in [5, 5.41) is 7.73. The number of benzene rings is 2. The Hall–Kier alpha value is -1.77. The number of aromatic nitrogens is 3. The number of halogens is 2. The van der Waals surface area contributed by atoms with Crippen molar-refractivity contribution in [3.8, 4) is 0 Å². The molecule has 1 unspecified atom stereocenters. The summed E-state index contributed by atoms with van der Waals surface area (Å²) in [5.41, 5.74) is 1.13. The van der Waals surface area contributed by atoms with Crippen LogP contribution in [0.1, 0.15) is 0 Å². The highest BCUT2D eigenvalue weighted by molar-refractivity contribution is 7.06. The number of hydrogen-bond acceptors (Lipinski definition) is 2. The second-order valence-corrected chi connectivity index (χ2v) is 17.9. The van der Waals surface area contributed by atoms with Gasteiger partial charge in [0.05, 0.1) is 8.07 Å². The van der Waals surface area contributed by atoms with Crippen molar-refractivity contribution in [2.75, 3.05) is 0 Å². The SMILES string of the molecule is C[Si](C)(C[Si](C)(Cn1cncn1)c1ccc(F)cc1)c1ccc(Cl)cc1. The summed E-state index contributed by atoms with van der Waals surface area (Å²) in [5.74, 6) is -0.194. The maximum Gasteiger partial charge on any atom is 0.137 e. The van der Waals surface area contributed by atoms with Crippen LogP contribution in [0.4, 0.5) is 4.39 Å². The predicted molar refractivity (Wildman–Crippen MR) is 111 cm³/mol. The maximum atomic E-state index is 13.5. The van der Waals surface area contributed by atoms with Gasteiger partial charge in [0, 0.05) is 11.2 Å². The third-order valence-corrected chi connectivity index (χ3v) is 16.5. The van der Waals surface area contributed by atoms with Crippen LogP contribution in [0.25, 0.3) is 0 Å². The van der Waals surface area contributed by atoms with Crippen LogP contribution in [0.15, 0.2) is 61.2 Å². The lowest BCUT2D eigenvalue weighted by atomic mass is 10.3. The van der Waals surface area contributed by atoms with Crippen LogP contribution in [-0.4, -0.2) is 30.9 Å². The molecule has 2 aromatic carbocycles. The highest BCUT2D eigenvalue weighted by Gasteiger charge is 2.39. The van der Waals surface area contributed by atoms with Gasteiger partial charge in [-0.15, -0.1) is 0 Å². The van der Waals surface area contributed by atoms with Gasteiger partial charge in [-0.3, -0.25) is 4.68 Å². The first-order valence-electron chi connectivity index (χ1n) is 8.63. The van der Waals surface area contributed by atoms with Gasteiger partial charge in [-0.2, -0.15) is 5.10 Å². The zero-order chi connectivity index (χ0) is 18.8. The lowest BCUT2D eigenvalue weighted by Crippen LogP contribution is -2.58. The van der Waals surface area contributed by atoms with Crippen molar-refractivity contribution in [3.05, 3.63) is 72.0 Å². The first-order chi connectivity index (χ1) is 12.3. The summed E-state index contributed by atoms with van der Waals surface area (Å²) in [7, 11) is -3.68. The largest absolute Gasteiger partial charge is 0.256 e. The molecule has 0 amide bonds. The van der Waals surface area contributed by atoms with Crippen molar-refractivity contribution in [2.45, 2.75) is 31.5 Å². The molecule has 136 valence electrons. The van der Waals surface area contributed by atoms with E-state index in [-0.39, 0.29) is 5.82 Å². The van der Waals surface area contributed by atoms with Crippen molar-refractivity contribution in [3.63, 3.8) is 0 Å². The van der Waals surface area contributed by atoms with Crippen LogP contribution >= 0.6 is 11.6 Å². The van der Waals surface area contributed by atoms with E-state index in [1.165, 1.54) is 10.4 Å². The first-order valence-corrected chi connectivity index (χ1v) is 15.1. The molecule has 0 aliphatic rings. The Balaban J connectivity index is 1.97. The third-order valence-electron chi connectivity index (χ3n) is 4.98. The molecule has 0 fully saturated rings. The molecule has 0 saturated heterocycles. The van der Waals surface area contributed by atoms with Crippen molar-refractivity contribution in [2.24, 2.45) is 0 Å². The summed E-state index contributed by atoms with van der Waals surface area (Å²) in [6.45, 7) is 7.16. The summed E-state index contributed by atoms with van der Waals surface area (Å²) >= 11 is 6.07. The average molecular weight is 404 g/mol. The molecule has 0 spiro atoms. The second kappa shape index (κ2) is 7.46. The molecule has 0 saturated carbocycles. The minimum absolute atomic E-state index is 0.194. The van der Waals surface area contributed by atoms with Crippen molar-refractivity contribution in [1.82, 2.24) is 14.8 Å². The molecule has 7 heteroatoms. The maximum absolute atomic E-state index is 13.5. The normalized spacial score (nSPS) is 14.2. The molecule has 0 aliphatic carbocycles. The molecule has 0 N–H and O–H groups in total. The van der Waals surface area contributed by atoms with Crippen LogP contribution in [0.3, 0.4) is 0 Å². The molecule has 3 rings (SSSR count). The number of rotatable bonds is 6. The summed E-state index contributed by atoms with van der Waals surface area (Å²) < 4.78 is 15.4. The van der Waals surface area contributed by atoms with Crippen molar-refractivity contribution in [1.29, 1.82) is 0 Å². The molecular weight excluding hydrogens is 381 g/mol. The van der Waals surface area contributed by atoms with E-state index in [0.29, 0.717) is 0 Å². The predicted octanol–water partition coefficient (Wildman–Crippen LogP) is 3.75. The molecule has 3 nitrogen and oxygen atoms in total. The Morgan fingerprint density at radius 3 is 2.15 bits per heavy atom. The second-order valence-electron chi connectivity index (χ2n) is 7.73. The lowest BCUT2D eigenvalue weighted by molar-refractivity contribution is 0.628. The Labute approximate surface area is 160 Å². The van der Waals surface area contributed by atoms with E-state index in [0.717, 1.165) is 16.9 Å². The zero-order valence-electron chi connectivity index (χ0n) is 15.3. The van der Waals surface area contributed by atoms with Crippen molar-refractivity contribution < 1.29 is 4.39 Å². The summed E-state index contributed by atoms with van der Waals surface area (Å²) in [4.78, 5) is 4.09. The quantitative estimate of drug-likeness (QED) is 0.587. The van der Waals surface area contributed by atoms with Gasteiger partial charge in [-0.25, -0.2) is 9.37 Å². The van der Waals surface area contributed by atoms with Gasteiger partial charge in [-0.1, -0.05) is 71.5 Å². The molecule has 3 aromatic rings. The van der Waals surface area contributed by atoms with E-state index in [2.05, 4.69) is 41.9 Å². The fourth-order valence-corrected chi connectivity index (χ4v) is 16.9. The molecule has 26 heavy (non-hydrogen) atoms. The van der Waals surface area contributed by atoms with Gasteiger partial charge in [-0.05, 0) is 24.3 Å². The number of nitrogens with zero attached hydrogens (tertiary/aromatic N) is 3. The van der Waals surface area contributed by atoms with Gasteiger partial charge < -0.3 is 0 Å². The highest BCUT2D eigenvalue weighted by Crippen LogP contribution is 2.22. The van der Waals surface area contributed by atoms with Gasteiger partial charge in [0.1, 0.15) is 26.5 Å². The highest BCUT2D eigenvalue weighted by atomic mass is 35.5. The standard InChI is InChI=1S/C19H23ClFN3Si2/c1-25(2,18-8-4-16(20)5-9-18)15-26(3,14-24-13-22-12-23-24)19-10-6-17(21)7-11-19/h4-13H,14-15H2,1-3H3. The van der Waals surface area contributed by atoms with Crippen LogP contribution in [0.5, 0.6) is 0 Å². The Bertz CT molecular complexity index is 852. The molecule has 1 heterocycles. The smallest absolute Gasteiger partial charge is 0.137 e. The average Bonchev–Trinajstić information content (AvgIpc) is 3.08. The monoisotopic (exact) mass is 403 g/mol. The molecule has 0 radical (unpaired) electrons. The van der Waals surface area contributed by atoms with E-state index in [1.807, 2.05) is 28.9 Å². The Morgan fingerprint density at radius 1 is 0.962 bits per heavy atom. The van der Waals surface area contributed by atoms with E-state index < -0.39 is 16.1 Å².